The molecule has 2 aromatic carbocycles. The lowest BCUT2D eigenvalue weighted by Gasteiger charge is -2.33. The molecule has 4 aliphatic heterocycles. The third kappa shape index (κ3) is 1.66. The van der Waals surface area contributed by atoms with Crippen molar-refractivity contribution < 1.29 is 19.3 Å². The van der Waals surface area contributed by atoms with Gasteiger partial charge in [-0.1, -0.05) is 36.4 Å². The lowest BCUT2D eigenvalue weighted by atomic mass is 9.75. The monoisotopic (exact) mass is 374 g/mol. The zero-order chi connectivity index (χ0) is 19.0. The van der Waals surface area contributed by atoms with Crippen LogP contribution in [0.25, 0.3) is 0 Å². The van der Waals surface area contributed by atoms with Crippen molar-refractivity contribution in [2.45, 2.75) is 24.4 Å². The molecule has 3 amide bonds. The molecule has 6 heteroatoms. The zero-order valence-corrected chi connectivity index (χ0v) is 15.2. The molecule has 4 heterocycles. The summed E-state index contributed by atoms with van der Waals surface area (Å²) in [6.45, 7) is 0.811. The van der Waals surface area contributed by atoms with Crippen molar-refractivity contribution >= 4 is 29.1 Å². The number of imide groups is 1. The number of benzene rings is 2. The summed E-state index contributed by atoms with van der Waals surface area (Å²) in [5, 5.41) is 3.00. The summed E-state index contributed by atoms with van der Waals surface area (Å²) in [6, 6.07) is 16.7. The van der Waals surface area contributed by atoms with Crippen LogP contribution in [-0.4, -0.2) is 30.3 Å². The predicted octanol–water partition coefficient (Wildman–Crippen LogP) is 0.701. The van der Waals surface area contributed by atoms with Gasteiger partial charge in [-0.2, -0.15) is 0 Å². The first kappa shape index (κ1) is 16.0. The number of carbonyl (C=O) groups is 3. The predicted molar refractivity (Wildman–Crippen MR) is 102 cm³/mol. The van der Waals surface area contributed by atoms with Gasteiger partial charge < -0.3 is 10.2 Å². The van der Waals surface area contributed by atoms with Crippen LogP contribution in [0.4, 0.5) is 11.4 Å². The molecule has 0 bridgehead atoms. The highest BCUT2D eigenvalue weighted by atomic mass is 16.2. The number of nitrogens with one attached hydrogen (secondary N) is 2. The third-order valence-corrected chi connectivity index (χ3v) is 7.14. The van der Waals surface area contributed by atoms with Crippen LogP contribution in [0, 0.1) is 11.8 Å². The molecule has 0 aliphatic carbocycles. The molecule has 1 spiro atoms. The van der Waals surface area contributed by atoms with E-state index in [4.69, 9.17) is 0 Å². The van der Waals surface area contributed by atoms with Gasteiger partial charge in [0.2, 0.25) is 17.4 Å². The standard InChI is InChI=1S/C22H19N3O3/c26-19-17-16-11-6-12-24(16)22(14-9-4-5-10-15(14)23-21(22)28)18(17)20(27)25(19)13-7-2-1-3-8-13/h1-5,7-10,16-18H,6,11-12H2,(H,23,28)/p+1/t16-,17+,18-,22+/m0/s1. The van der Waals surface area contributed by atoms with Crippen LogP contribution in [0.2, 0.25) is 0 Å². The Morgan fingerprint density at radius 2 is 1.71 bits per heavy atom. The molecule has 3 fully saturated rings. The van der Waals surface area contributed by atoms with Crippen LogP contribution in [0.1, 0.15) is 18.4 Å². The average molecular weight is 374 g/mol. The zero-order valence-electron chi connectivity index (χ0n) is 15.2. The minimum Gasteiger partial charge on any atom is -0.320 e. The highest BCUT2D eigenvalue weighted by Gasteiger charge is 2.78. The van der Waals surface area contributed by atoms with Crippen molar-refractivity contribution in [1.29, 1.82) is 0 Å². The van der Waals surface area contributed by atoms with Crippen LogP contribution in [0.3, 0.4) is 0 Å². The molecule has 4 aliphatic rings. The van der Waals surface area contributed by atoms with E-state index in [-0.39, 0.29) is 23.8 Å². The minimum absolute atomic E-state index is 0.00654. The smallest absolute Gasteiger partial charge is 0.291 e. The van der Waals surface area contributed by atoms with Crippen molar-refractivity contribution in [3.8, 4) is 0 Å². The number of fused-ring (bicyclic) bond motifs is 7. The highest BCUT2D eigenvalue weighted by Crippen LogP contribution is 2.52. The molecule has 2 N–H and O–H groups in total. The average Bonchev–Trinajstić information content (AvgIpc) is 3.41. The molecule has 6 rings (SSSR count). The van der Waals surface area contributed by atoms with E-state index in [1.807, 2.05) is 42.5 Å². The summed E-state index contributed by atoms with van der Waals surface area (Å²) >= 11 is 0. The van der Waals surface area contributed by atoms with Gasteiger partial charge in [0.15, 0.2) is 0 Å². The third-order valence-electron chi connectivity index (χ3n) is 7.14. The molecule has 28 heavy (non-hydrogen) atoms. The minimum atomic E-state index is -1.00. The van der Waals surface area contributed by atoms with E-state index in [2.05, 4.69) is 5.32 Å². The fourth-order valence-corrected chi connectivity index (χ4v) is 6.25. The number of para-hydroxylation sites is 2. The second kappa shape index (κ2) is 5.29. The molecule has 0 saturated carbocycles. The highest BCUT2D eigenvalue weighted by molar-refractivity contribution is 6.25. The molecule has 140 valence electrons. The van der Waals surface area contributed by atoms with Gasteiger partial charge in [0.25, 0.3) is 5.91 Å². The SMILES string of the molecule is O=C1[C@H]2[C@@H](C(=O)N1c1ccccc1)[C@]1(C(=O)Nc3ccccc31)[NH+]1CCC[C@@H]21. The van der Waals surface area contributed by atoms with Gasteiger partial charge >= 0.3 is 0 Å². The van der Waals surface area contributed by atoms with Gasteiger partial charge in [0, 0.05) is 18.4 Å². The molecule has 0 aromatic heterocycles. The Balaban J connectivity index is 1.58. The lowest BCUT2D eigenvalue weighted by Crippen LogP contribution is -3.19. The Morgan fingerprint density at radius 1 is 0.964 bits per heavy atom. The van der Waals surface area contributed by atoms with Crippen LogP contribution < -0.4 is 15.1 Å². The molecular formula is C22H20N3O3+. The molecule has 6 nitrogen and oxygen atoms in total. The van der Waals surface area contributed by atoms with Crippen molar-refractivity contribution in [3.63, 3.8) is 0 Å². The van der Waals surface area contributed by atoms with Gasteiger partial charge in [-0.15, -0.1) is 0 Å². The Kier molecular flexibility index (Phi) is 3.03. The molecule has 2 aromatic rings. The Labute approximate surface area is 162 Å². The molecular weight excluding hydrogens is 354 g/mol. The Bertz CT molecular complexity index is 1040. The largest absolute Gasteiger partial charge is 0.320 e. The maximum absolute atomic E-state index is 13.7. The van der Waals surface area contributed by atoms with Crippen LogP contribution >= 0.6 is 0 Å². The van der Waals surface area contributed by atoms with Gasteiger partial charge in [-0.05, 0) is 18.2 Å². The Morgan fingerprint density at radius 3 is 2.54 bits per heavy atom. The first-order chi connectivity index (χ1) is 13.7. The summed E-state index contributed by atoms with van der Waals surface area (Å²) in [5.41, 5.74) is 1.22. The van der Waals surface area contributed by atoms with E-state index in [9.17, 15) is 14.4 Å². The molecule has 5 atom stereocenters. The van der Waals surface area contributed by atoms with Crippen molar-refractivity contribution in [2.24, 2.45) is 11.8 Å². The summed E-state index contributed by atoms with van der Waals surface area (Å²) < 4.78 is 0. The second-order valence-electron chi connectivity index (χ2n) is 8.18. The van der Waals surface area contributed by atoms with E-state index in [1.54, 1.807) is 12.1 Å². The fourth-order valence-electron chi connectivity index (χ4n) is 6.25. The number of amides is 3. The van der Waals surface area contributed by atoms with Gasteiger partial charge in [-0.25, -0.2) is 4.90 Å². The maximum Gasteiger partial charge on any atom is 0.291 e. The van der Waals surface area contributed by atoms with Crippen LogP contribution in [0.15, 0.2) is 54.6 Å². The van der Waals surface area contributed by atoms with Crippen molar-refractivity contribution in [2.75, 3.05) is 16.8 Å². The summed E-state index contributed by atoms with van der Waals surface area (Å²) in [5.74, 6) is -1.62. The van der Waals surface area contributed by atoms with Crippen molar-refractivity contribution in [3.05, 3.63) is 60.2 Å². The number of hydrogen-bond donors (Lipinski definition) is 2. The number of carbonyl (C=O) groups excluding carboxylic acids is 3. The first-order valence-corrected chi connectivity index (χ1v) is 9.85. The fraction of sp³-hybridized carbons (Fsp3) is 0.318. The van der Waals surface area contributed by atoms with Gasteiger partial charge in [0.1, 0.15) is 17.9 Å². The van der Waals surface area contributed by atoms with Gasteiger partial charge in [0.05, 0.1) is 17.9 Å². The normalized spacial score (nSPS) is 35.3. The van der Waals surface area contributed by atoms with E-state index in [0.29, 0.717) is 5.69 Å². The quantitative estimate of drug-likeness (QED) is 0.722. The number of nitrogens with zero attached hydrogens (tertiary/aromatic N) is 1. The maximum atomic E-state index is 13.7. The van der Waals surface area contributed by atoms with E-state index < -0.39 is 17.4 Å². The number of rotatable bonds is 1. The summed E-state index contributed by atoms with van der Waals surface area (Å²) in [4.78, 5) is 43.0. The van der Waals surface area contributed by atoms with E-state index >= 15 is 0 Å². The van der Waals surface area contributed by atoms with E-state index in [0.717, 1.165) is 35.5 Å². The summed E-state index contributed by atoms with van der Waals surface area (Å²) in [6.07, 6.45) is 1.84. The van der Waals surface area contributed by atoms with Crippen molar-refractivity contribution in [1.82, 2.24) is 0 Å². The first-order valence-electron chi connectivity index (χ1n) is 9.85. The van der Waals surface area contributed by atoms with Crippen LogP contribution in [0.5, 0.6) is 0 Å². The molecule has 3 saturated heterocycles. The lowest BCUT2D eigenvalue weighted by molar-refractivity contribution is -0.948. The van der Waals surface area contributed by atoms with E-state index in [1.165, 1.54) is 4.90 Å². The number of anilines is 2. The summed E-state index contributed by atoms with van der Waals surface area (Å²) in [7, 11) is 0. The van der Waals surface area contributed by atoms with Gasteiger partial charge in [-0.3, -0.25) is 14.4 Å². The topological polar surface area (TPSA) is 70.9 Å². The van der Waals surface area contributed by atoms with Crippen LogP contribution in [-0.2, 0) is 19.9 Å². The Hall–Kier alpha value is -2.99. The number of quaternary nitrogens is 1. The number of hydrogen-bond acceptors (Lipinski definition) is 3. The second-order valence-corrected chi connectivity index (χ2v) is 8.18. The molecule has 1 unspecified atom stereocenters. The molecule has 0 radical (unpaired) electrons.